The van der Waals surface area contributed by atoms with Crippen LogP contribution in [0.25, 0.3) is 0 Å². The van der Waals surface area contributed by atoms with Crippen molar-refractivity contribution in [2.24, 2.45) is 0 Å². The summed E-state index contributed by atoms with van der Waals surface area (Å²) in [6.45, 7) is 1.79. The van der Waals surface area contributed by atoms with Crippen LogP contribution in [0.1, 0.15) is 6.92 Å². The van der Waals surface area contributed by atoms with Crippen molar-refractivity contribution < 1.29 is 18.1 Å². The molecule has 0 bridgehead atoms. The van der Waals surface area contributed by atoms with Gasteiger partial charge in [-0.1, -0.05) is 29.5 Å². The minimum absolute atomic E-state index is 0.170. The van der Waals surface area contributed by atoms with Crippen LogP contribution in [0.3, 0.4) is 0 Å². The molecular weight excluding hydrogens is 353 g/mol. The molecule has 1 saturated heterocycles. The first kappa shape index (κ1) is 14.5. The molecule has 3 N–H and O–H groups in total. The van der Waals surface area contributed by atoms with Gasteiger partial charge in [0, 0.05) is 4.43 Å². The topological polar surface area (TPSA) is 116 Å². The highest BCUT2D eigenvalue weighted by Gasteiger charge is 2.53. The number of hydrogen-bond donors (Lipinski definition) is 3. The summed E-state index contributed by atoms with van der Waals surface area (Å²) in [4.78, 5) is 0. The fourth-order valence-corrected chi connectivity index (χ4v) is 3.68. The van der Waals surface area contributed by atoms with Gasteiger partial charge in [-0.15, -0.1) is 4.31 Å². The average molecular weight is 366 g/mol. The highest BCUT2D eigenvalue weighted by molar-refractivity contribution is 14.1. The second kappa shape index (κ2) is 5.39. The Kier molecular flexibility index (Phi) is 4.88. The van der Waals surface area contributed by atoms with Gasteiger partial charge in [0.25, 0.3) is 0 Å². The maximum Gasteiger partial charge on any atom is 0.338 e. The highest BCUT2D eigenvalue weighted by Crippen LogP contribution is 2.29. The summed E-state index contributed by atoms with van der Waals surface area (Å²) in [5.41, 5.74) is 2.42. The van der Waals surface area contributed by atoms with E-state index in [1.54, 1.807) is 6.92 Å². The van der Waals surface area contributed by atoms with Crippen molar-refractivity contribution in [3.05, 3.63) is 5.21 Å². The summed E-state index contributed by atoms with van der Waals surface area (Å²) < 4.78 is 31.5. The Morgan fingerprint density at radius 3 is 2.56 bits per heavy atom. The van der Waals surface area contributed by atoms with Crippen LogP contribution in [0, 0.1) is 5.21 Å². The van der Waals surface area contributed by atoms with Crippen LogP contribution in [0.4, 0.5) is 0 Å². The first-order valence-electron chi connectivity index (χ1n) is 4.53. The third kappa shape index (κ3) is 2.81. The molecular formula is C6H13IN3O5S-. The Labute approximate surface area is 107 Å². The summed E-state index contributed by atoms with van der Waals surface area (Å²) in [5.74, 6) is 0. The van der Waals surface area contributed by atoms with Crippen LogP contribution >= 0.6 is 22.6 Å². The van der Waals surface area contributed by atoms with E-state index in [-0.39, 0.29) is 6.54 Å². The Bertz CT molecular complexity index is 339. The molecule has 0 amide bonds. The molecule has 3 atom stereocenters. The van der Waals surface area contributed by atoms with Gasteiger partial charge >= 0.3 is 10.3 Å². The van der Waals surface area contributed by atoms with E-state index < -0.39 is 28.6 Å². The zero-order valence-corrected chi connectivity index (χ0v) is 11.4. The van der Waals surface area contributed by atoms with Crippen molar-refractivity contribution in [1.82, 2.24) is 14.9 Å². The van der Waals surface area contributed by atoms with Crippen molar-refractivity contribution in [2.45, 2.75) is 25.2 Å². The second-order valence-electron chi connectivity index (χ2n) is 3.29. The quantitative estimate of drug-likeness (QED) is 0.245. The van der Waals surface area contributed by atoms with Crippen molar-refractivity contribution in [3.8, 4) is 0 Å². The summed E-state index contributed by atoms with van der Waals surface area (Å²) >= 11 is 1.92. The molecule has 1 aliphatic heterocycles. The summed E-state index contributed by atoms with van der Waals surface area (Å²) in [6, 6.07) is -1.33. The van der Waals surface area contributed by atoms with Crippen molar-refractivity contribution in [2.75, 3.05) is 11.0 Å². The fourth-order valence-electron chi connectivity index (χ4n) is 1.49. The van der Waals surface area contributed by atoms with Gasteiger partial charge in [-0.2, -0.15) is 8.42 Å². The van der Waals surface area contributed by atoms with Crippen molar-refractivity contribution in [3.63, 3.8) is 0 Å². The highest BCUT2D eigenvalue weighted by atomic mass is 127. The molecule has 1 fully saturated rings. The summed E-state index contributed by atoms with van der Waals surface area (Å²) in [5, 5.41) is 21.1. The molecule has 96 valence electrons. The van der Waals surface area contributed by atoms with Gasteiger partial charge in [-0.25, -0.2) is 0 Å². The molecule has 1 heterocycles. The number of hydrogen-bond acceptors (Lipinski definition) is 6. The molecule has 16 heavy (non-hydrogen) atoms. The lowest BCUT2D eigenvalue weighted by Gasteiger charge is -2.51. The third-order valence-electron chi connectivity index (χ3n) is 2.33. The molecule has 1 unspecified atom stereocenters. The maximum atomic E-state index is 11.0. The number of aliphatic hydroxyl groups is 1. The van der Waals surface area contributed by atoms with Crippen LogP contribution in [-0.4, -0.2) is 56.8 Å². The van der Waals surface area contributed by atoms with Crippen LogP contribution in [-0.2, 0) is 10.3 Å². The molecule has 0 aromatic rings. The van der Waals surface area contributed by atoms with Crippen molar-refractivity contribution in [1.29, 1.82) is 0 Å². The van der Waals surface area contributed by atoms with E-state index in [9.17, 15) is 18.7 Å². The number of nitrogens with zero attached hydrogens (tertiary/aromatic N) is 2. The minimum Gasteiger partial charge on any atom is -0.772 e. The molecule has 1 rings (SSSR count). The van der Waals surface area contributed by atoms with Gasteiger partial charge in [-0.3, -0.25) is 9.98 Å². The summed E-state index contributed by atoms with van der Waals surface area (Å²) in [7, 11) is -4.43. The minimum atomic E-state index is -4.43. The standard InChI is InChI=1S/C6H13IN3O5S/c1-2-9(12)8-5-4(3-7)10(6(5)11)16(13,14)15/h4-6,8,11H,2-3H2,1H3,(H,13,14,15)/q-1/t4-,5-,6?/m0/s1. The lowest BCUT2D eigenvalue weighted by Crippen LogP contribution is -2.75. The van der Waals surface area contributed by atoms with E-state index in [0.717, 1.165) is 0 Å². The normalized spacial score (nSPS) is 31.8. The Hall–Kier alpha value is 0.440. The number of hydroxylamine groups is 1. The van der Waals surface area contributed by atoms with Gasteiger partial charge in [0.15, 0.2) is 0 Å². The fraction of sp³-hybridized carbons (Fsp3) is 1.00. The monoisotopic (exact) mass is 366 g/mol. The van der Waals surface area contributed by atoms with Gasteiger partial charge in [-0.05, 0) is 6.54 Å². The zero-order chi connectivity index (χ0) is 12.5. The van der Waals surface area contributed by atoms with Crippen LogP contribution in [0.5, 0.6) is 0 Å². The maximum absolute atomic E-state index is 11.0. The van der Waals surface area contributed by atoms with Gasteiger partial charge in [0.05, 0.1) is 12.1 Å². The number of hydrazine groups is 1. The molecule has 0 aromatic carbocycles. The Morgan fingerprint density at radius 2 is 2.19 bits per heavy atom. The van der Waals surface area contributed by atoms with Gasteiger partial charge in [0.1, 0.15) is 6.23 Å². The van der Waals surface area contributed by atoms with E-state index in [2.05, 4.69) is 5.43 Å². The largest absolute Gasteiger partial charge is 0.772 e. The third-order valence-corrected chi connectivity index (χ3v) is 4.25. The molecule has 1 aliphatic rings. The number of halogens is 1. The Balaban J connectivity index is 2.71. The predicted molar refractivity (Wildman–Crippen MR) is 64.7 cm³/mol. The molecule has 0 aliphatic carbocycles. The van der Waals surface area contributed by atoms with E-state index in [1.165, 1.54) is 0 Å². The molecule has 10 heteroatoms. The average Bonchev–Trinajstić information content (AvgIpc) is 2.19. The predicted octanol–water partition coefficient (Wildman–Crippen LogP) is -1.08. The molecule has 0 spiro atoms. The van der Waals surface area contributed by atoms with Crippen molar-refractivity contribution >= 4 is 32.9 Å². The van der Waals surface area contributed by atoms with E-state index in [4.69, 9.17) is 4.55 Å². The first-order chi connectivity index (χ1) is 7.32. The molecule has 0 radical (unpaired) electrons. The smallest absolute Gasteiger partial charge is 0.338 e. The Morgan fingerprint density at radius 1 is 1.62 bits per heavy atom. The number of nitrogens with one attached hydrogen (secondary N) is 1. The van der Waals surface area contributed by atoms with Gasteiger partial charge in [0.2, 0.25) is 0 Å². The number of rotatable bonds is 5. The lowest BCUT2D eigenvalue weighted by molar-refractivity contribution is -0.106. The zero-order valence-electron chi connectivity index (χ0n) is 8.45. The second-order valence-corrected chi connectivity index (χ2v) is 5.49. The molecule has 8 nitrogen and oxygen atoms in total. The number of alkyl halides is 1. The van der Waals surface area contributed by atoms with E-state index >= 15 is 0 Å². The molecule has 0 saturated carbocycles. The van der Waals surface area contributed by atoms with Gasteiger partial charge < -0.3 is 15.5 Å². The SMILES string of the molecule is CCN([O-])N[C@@H]1C(O)N(S(=O)(=O)O)[C@H]1CI. The first-order valence-corrected chi connectivity index (χ1v) is 7.46. The number of aliphatic hydroxyl groups excluding tert-OH is 1. The lowest BCUT2D eigenvalue weighted by atomic mass is 10.0. The van der Waals surface area contributed by atoms with Crippen LogP contribution in [0.15, 0.2) is 0 Å². The van der Waals surface area contributed by atoms with Crippen LogP contribution in [0.2, 0.25) is 0 Å². The molecule has 0 aromatic heterocycles. The summed E-state index contributed by atoms with van der Waals surface area (Å²) in [6.07, 6.45) is -1.42. The van der Waals surface area contributed by atoms with Crippen LogP contribution < -0.4 is 5.43 Å². The van der Waals surface area contributed by atoms with E-state index in [1.807, 2.05) is 22.6 Å². The van der Waals surface area contributed by atoms with E-state index in [0.29, 0.717) is 13.9 Å².